The maximum atomic E-state index is 11.6. The number of esters is 1. The molecule has 0 N–H and O–H groups in total. The van der Waals surface area contributed by atoms with Crippen LogP contribution in [0.3, 0.4) is 0 Å². The Kier molecular flexibility index (Phi) is 3.69. The molecule has 0 amide bonds. The predicted molar refractivity (Wildman–Crippen MR) is 73.1 cm³/mol. The van der Waals surface area contributed by atoms with Crippen LogP contribution >= 0.6 is 0 Å². The summed E-state index contributed by atoms with van der Waals surface area (Å²) in [5, 5.41) is 0.883. The van der Waals surface area contributed by atoms with E-state index in [4.69, 9.17) is 9.47 Å². The maximum absolute atomic E-state index is 11.6. The second-order valence-electron chi connectivity index (χ2n) is 5.20. The normalized spacial score (nSPS) is 11.3. The molecule has 0 bridgehead atoms. The highest BCUT2D eigenvalue weighted by molar-refractivity contribution is 5.85. The quantitative estimate of drug-likeness (QED) is 0.795. The van der Waals surface area contributed by atoms with E-state index in [9.17, 15) is 4.79 Å². The average Bonchev–Trinajstić information content (AvgIpc) is 2.34. The molecular formula is C15H17NO3. The van der Waals surface area contributed by atoms with Crippen LogP contribution in [0.2, 0.25) is 0 Å². The molecule has 2 rings (SSSR count). The molecule has 0 atom stereocenters. The van der Waals surface area contributed by atoms with Crippen LogP contribution in [0.4, 0.5) is 0 Å². The molecule has 1 heterocycles. The first-order valence-electron chi connectivity index (χ1n) is 6.14. The van der Waals surface area contributed by atoms with Crippen molar-refractivity contribution in [2.24, 2.45) is 0 Å². The van der Waals surface area contributed by atoms with Crippen LogP contribution in [-0.2, 0) is 9.53 Å². The third-order valence-corrected chi connectivity index (χ3v) is 2.37. The molecule has 1 aromatic heterocycles. The number of hydrogen-bond acceptors (Lipinski definition) is 4. The summed E-state index contributed by atoms with van der Waals surface area (Å²) in [4.78, 5) is 15.8. The lowest BCUT2D eigenvalue weighted by Crippen LogP contribution is -2.27. The molecule has 0 saturated carbocycles. The Hall–Kier alpha value is -2.10. The summed E-state index contributed by atoms with van der Waals surface area (Å²) in [6, 6.07) is 9.37. The van der Waals surface area contributed by atoms with Gasteiger partial charge in [-0.25, -0.2) is 4.79 Å². The van der Waals surface area contributed by atoms with E-state index < -0.39 is 5.60 Å². The number of ether oxygens (including phenoxy) is 2. The Morgan fingerprint density at radius 2 is 1.95 bits per heavy atom. The summed E-state index contributed by atoms with van der Waals surface area (Å²) in [5.41, 5.74) is 0.338. The van der Waals surface area contributed by atoms with E-state index in [1.54, 1.807) is 12.3 Å². The molecular weight excluding hydrogens is 242 g/mol. The van der Waals surface area contributed by atoms with Gasteiger partial charge in [-0.2, -0.15) is 0 Å². The number of para-hydroxylation sites is 1. The Labute approximate surface area is 112 Å². The molecule has 1 aromatic carbocycles. The molecule has 0 radical (unpaired) electrons. The van der Waals surface area contributed by atoms with Crippen LogP contribution in [-0.4, -0.2) is 23.2 Å². The van der Waals surface area contributed by atoms with Crippen molar-refractivity contribution in [3.05, 3.63) is 36.5 Å². The molecule has 0 aliphatic heterocycles. The fourth-order valence-electron chi connectivity index (χ4n) is 1.70. The van der Waals surface area contributed by atoms with E-state index in [0.29, 0.717) is 5.75 Å². The monoisotopic (exact) mass is 259 g/mol. The average molecular weight is 259 g/mol. The first kappa shape index (κ1) is 13.3. The SMILES string of the molecule is CC(C)(C)OC(=O)COc1ccnc2ccccc12. The standard InChI is InChI=1S/C15H17NO3/c1-15(2,3)19-14(17)10-18-13-8-9-16-12-7-5-4-6-11(12)13/h4-9H,10H2,1-3H3. The lowest BCUT2D eigenvalue weighted by atomic mass is 10.2. The number of benzene rings is 1. The fraction of sp³-hybridized carbons (Fsp3) is 0.333. The number of aromatic nitrogens is 1. The summed E-state index contributed by atoms with van der Waals surface area (Å²) < 4.78 is 10.7. The molecule has 100 valence electrons. The highest BCUT2D eigenvalue weighted by Crippen LogP contribution is 2.23. The van der Waals surface area contributed by atoms with E-state index in [0.717, 1.165) is 10.9 Å². The lowest BCUT2D eigenvalue weighted by Gasteiger charge is -2.19. The van der Waals surface area contributed by atoms with Gasteiger partial charge in [0, 0.05) is 11.6 Å². The third kappa shape index (κ3) is 3.68. The van der Waals surface area contributed by atoms with Gasteiger partial charge < -0.3 is 9.47 Å². The van der Waals surface area contributed by atoms with Crippen LogP contribution in [0.25, 0.3) is 10.9 Å². The van der Waals surface area contributed by atoms with E-state index >= 15 is 0 Å². The zero-order valence-corrected chi connectivity index (χ0v) is 11.3. The topological polar surface area (TPSA) is 48.4 Å². The number of carbonyl (C=O) groups is 1. The van der Waals surface area contributed by atoms with Crippen molar-refractivity contribution in [2.75, 3.05) is 6.61 Å². The molecule has 4 nitrogen and oxygen atoms in total. The van der Waals surface area contributed by atoms with Gasteiger partial charge in [-0.15, -0.1) is 0 Å². The molecule has 0 unspecified atom stereocenters. The van der Waals surface area contributed by atoms with E-state index in [2.05, 4.69) is 4.98 Å². The maximum Gasteiger partial charge on any atom is 0.344 e. The Morgan fingerprint density at radius 3 is 2.68 bits per heavy atom. The summed E-state index contributed by atoms with van der Waals surface area (Å²) >= 11 is 0. The third-order valence-electron chi connectivity index (χ3n) is 2.37. The van der Waals surface area contributed by atoms with Gasteiger partial charge in [0.1, 0.15) is 11.4 Å². The minimum absolute atomic E-state index is 0.106. The number of hydrogen-bond donors (Lipinski definition) is 0. The van der Waals surface area contributed by atoms with Gasteiger partial charge in [-0.05, 0) is 39.0 Å². The summed E-state index contributed by atoms with van der Waals surface area (Å²) in [7, 11) is 0. The molecule has 0 aliphatic carbocycles. The Morgan fingerprint density at radius 1 is 1.21 bits per heavy atom. The largest absolute Gasteiger partial charge is 0.481 e. The molecule has 0 aliphatic rings. The van der Waals surface area contributed by atoms with Gasteiger partial charge in [0.25, 0.3) is 0 Å². The molecule has 0 spiro atoms. The van der Waals surface area contributed by atoms with Crippen LogP contribution < -0.4 is 4.74 Å². The van der Waals surface area contributed by atoms with Gasteiger partial charge in [-0.1, -0.05) is 12.1 Å². The second-order valence-corrected chi connectivity index (χ2v) is 5.20. The smallest absolute Gasteiger partial charge is 0.344 e. The molecule has 19 heavy (non-hydrogen) atoms. The number of nitrogens with zero attached hydrogens (tertiary/aromatic N) is 1. The lowest BCUT2D eigenvalue weighted by molar-refractivity contribution is -0.157. The highest BCUT2D eigenvalue weighted by Gasteiger charge is 2.16. The zero-order valence-electron chi connectivity index (χ0n) is 11.3. The van der Waals surface area contributed by atoms with Crippen molar-refractivity contribution >= 4 is 16.9 Å². The number of rotatable bonds is 3. The van der Waals surface area contributed by atoms with E-state index in [1.165, 1.54) is 0 Å². The number of carbonyl (C=O) groups excluding carboxylic acids is 1. The summed E-state index contributed by atoms with van der Waals surface area (Å²) in [5.74, 6) is 0.254. The van der Waals surface area contributed by atoms with Crippen molar-refractivity contribution in [3.63, 3.8) is 0 Å². The number of pyridine rings is 1. The zero-order chi connectivity index (χ0) is 13.9. The first-order valence-corrected chi connectivity index (χ1v) is 6.14. The van der Waals surface area contributed by atoms with E-state index in [-0.39, 0.29) is 12.6 Å². The number of fused-ring (bicyclic) bond motifs is 1. The van der Waals surface area contributed by atoms with Crippen molar-refractivity contribution in [1.29, 1.82) is 0 Å². The Balaban J connectivity index is 2.08. The van der Waals surface area contributed by atoms with Gasteiger partial charge in [0.2, 0.25) is 0 Å². The van der Waals surface area contributed by atoms with Gasteiger partial charge >= 0.3 is 5.97 Å². The second kappa shape index (κ2) is 5.26. The first-order chi connectivity index (χ1) is 8.96. The van der Waals surface area contributed by atoms with Gasteiger partial charge in [-0.3, -0.25) is 4.98 Å². The molecule has 0 fully saturated rings. The van der Waals surface area contributed by atoms with Crippen molar-refractivity contribution in [3.8, 4) is 5.75 Å². The van der Waals surface area contributed by atoms with E-state index in [1.807, 2.05) is 45.0 Å². The van der Waals surface area contributed by atoms with Crippen molar-refractivity contribution < 1.29 is 14.3 Å². The highest BCUT2D eigenvalue weighted by atomic mass is 16.6. The van der Waals surface area contributed by atoms with Crippen LogP contribution in [0.1, 0.15) is 20.8 Å². The molecule has 2 aromatic rings. The molecule has 4 heteroatoms. The van der Waals surface area contributed by atoms with Crippen LogP contribution in [0.5, 0.6) is 5.75 Å². The predicted octanol–water partition coefficient (Wildman–Crippen LogP) is 2.96. The molecule has 0 saturated heterocycles. The van der Waals surface area contributed by atoms with Gasteiger partial charge in [0.15, 0.2) is 6.61 Å². The summed E-state index contributed by atoms with van der Waals surface area (Å²) in [6.07, 6.45) is 1.66. The summed E-state index contributed by atoms with van der Waals surface area (Å²) in [6.45, 7) is 5.37. The fourth-order valence-corrected chi connectivity index (χ4v) is 1.70. The van der Waals surface area contributed by atoms with Gasteiger partial charge in [0.05, 0.1) is 5.52 Å². The minimum atomic E-state index is -0.499. The van der Waals surface area contributed by atoms with Crippen molar-refractivity contribution in [2.45, 2.75) is 26.4 Å². The minimum Gasteiger partial charge on any atom is -0.481 e. The Bertz CT molecular complexity index is 582. The van der Waals surface area contributed by atoms with Crippen LogP contribution in [0.15, 0.2) is 36.5 Å². The van der Waals surface area contributed by atoms with Crippen molar-refractivity contribution in [1.82, 2.24) is 4.98 Å². The van der Waals surface area contributed by atoms with Crippen LogP contribution in [0, 0.1) is 0 Å².